The van der Waals surface area contributed by atoms with Gasteiger partial charge >= 0.3 is 0 Å². The summed E-state index contributed by atoms with van der Waals surface area (Å²) in [5, 5.41) is 14.2. The van der Waals surface area contributed by atoms with Crippen LogP contribution in [0.15, 0.2) is 72.8 Å². The third kappa shape index (κ3) is 6.54. The Balaban J connectivity index is 0.000000539. The SMILES string of the molecule is Cc1cc(C)c(C)c([PH+](c2ccc(O)cc2)c2c(C)c(C)cc(C)c2C)c1C.[I-].c1ccccc1. The van der Waals surface area contributed by atoms with Gasteiger partial charge in [-0.2, -0.15) is 0 Å². The molecule has 0 saturated heterocycles. The molecule has 0 heterocycles. The quantitative estimate of drug-likeness (QED) is 0.280. The van der Waals surface area contributed by atoms with E-state index >= 15 is 0 Å². The molecule has 4 rings (SSSR count). The van der Waals surface area contributed by atoms with Crippen LogP contribution in [0.2, 0.25) is 0 Å². The molecule has 4 aromatic carbocycles. The second kappa shape index (κ2) is 12.7. The molecule has 0 aliphatic heterocycles. The zero-order valence-corrected chi connectivity index (χ0v) is 25.4. The summed E-state index contributed by atoms with van der Waals surface area (Å²) in [4.78, 5) is 0. The van der Waals surface area contributed by atoms with Gasteiger partial charge in [-0.25, -0.2) is 0 Å². The van der Waals surface area contributed by atoms with Crippen molar-refractivity contribution in [1.82, 2.24) is 0 Å². The summed E-state index contributed by atoms with van der Waals surface area (Å²) >= 11 is 0. The fraction of sp³-hybridized carbons (Fsp3) is 0.250. The molecular weight excluding hydrogens is 558 g/mol. The summed E-state index contributed by atoms with van der Waals surface area (Å²) in [6, 6.07) is 24.5. The van der Waals surface area contributed by atoms with Crippen molar-refractivity contribution in [2.75, 3.05) is 0 Å². The first-order valence-corrected chi connectivity index (χ1v) is 13.4. The molecule has 0 spiro atoms. The molecule has 0 bridgehead atoms. The first kappa shape index (κ1) is 29.1. The molecule has 0 atom stereocenters. The van der Waals surface area contributed by atoms with E-state index in [0.29, 0.717) is 5.75 Å². The lowest BCUT2D eigenvalue weighted by atomic mass is 10.0. The standard InChI is InChI=1S/C26H31OP.C6H6.HI/c1-15-13-16(2)20(6)25(19(15)5)28(24-11-9-23(27)10-12-24)26-21(7)17(3)14-18(4)22(26)8;1-2-4-6-5-3-1;/h9-14,27H,1-8H3;1-6H;1H. The first-order chi connectivity index (χ1) is 16.1. The van der Waals surface area contributed by atoms with Gasteiger partial charge in [0.1, 0.15) is 21.7 Å². The number of aromatic hydroxyl groups is 1. The van der Waals surface area contributed by atoms with E-state index in [0.717, 1.165) is 0 Å². The highest BCUT2D eigenvalue weighted by Crippen LogP contribution is 2.40. The van der Waals surface area contributed by atoms with E-state index in [1.807, 2.05) is 48.5 Å². The molecule has 184 valence electrons. The molecule has 35 heavy (non-hydrogen) atoms. The van der Waals surface area contributed by atoms with E-state index in [9.17, 15) is 5.11 Å². The van der Waals surface area contributed by atoms with E-state index in [2.05, 4.69) is 79.7 Å². The van der Waals surface area contributed by atoms with Crippen LogP contribution in [0.25, 0.3) is 0 Å². The van der Waals surface area contributed by atoms with Gasteiger partial charge in [0.05, 0.1) is 7.92 Å². The highest BCUT2D eigenvalue weighted by atomic mass is 127. The number of halogens is 1. The molecule has 0 fully saturated rings. The van der Waals surface area contributed by atoms with Gasteiger partial charge in [-0.05, 0) is 124 Å². The molecule has 0 radical (unpaired) electrons. The Hall–Kier alpha value is -2.16. The van der Waals surface area contributed by atoms with Gasteiger partial charge in [0.15, 0.2) is 0 Å². The van der Waals surface area contributed by atoms with Crippen LogP contribution in [0.5, 0.6) is 5.75 Å². The van der Waals surface area contributed by atoms with Crippen LogP contribution in [-0.4, -0.2) is 5.11 Å². The second-order valence-electron chi connectivity index (χ2n) is 9.35. The Morgan fingerprint density at radius 1 is 0.486 bits per heavy atom. The number of aryl methyl sites for hydroxylation is 4. The summed E-state index contributed by atoms with van der Waals surface area (Å²) in [7, 11) is -1.21. The highest BCUT2D eigenvalue weighted by Gasteiger charge is 2.34. The lowest BCUT2D eigenvalue weighted by molar-refractivity contribution is -0.00000827. The number of hydrogen-bond acceptors (Lipinski definition) is 1. The Bertz CT molecular complexity index is 1140. The second-order valence-corrected chi connectivity index (χ2v) is 11.7. The maximum atomic E-state index is 9.89. The summed E-state index contributed by atoms with van der Waals surface area (Å²) in [6.45, 7) is 18.0. The fourth-order valence-electron chi connectivity index (χ4n) is 4.61. The normalized spacial score (nSPS) is 10.4. The summed E-state index contributed by atoms with van der Waals surface area (Å²) in [5.41, 5.74) is 11.1. The van der Waals surface area contributed by atoms with E-state index in [1.54, 1.807) is 0 Å². The van der Waals surface area contributed by atoms with Crippen LogP contribution in [0.4, 0.5) is 0 Å². The van der Waals surface area contributed by atoms with Gasteiger partial charge in [-0.3, -0.25) is 0 Å². The Morgan fingerprint density at radius 3 is 1.06 bits per heavy atom. The van der Waals surface area contributed by atoms with Crippen molar-refractivity contribution in [1.29, 1.82) is 0 Å². The van der Waals surface area contributed by atoms with Gasteiger partial charge in [0.25, 0.3) is 0 Å². The van der Waals surface area contributed by atoms with Crippen molar-refractivity contribution >= 4 is 23.8 Å². The molecule has 0 aromatic heterocycles. The average Bonchev–Trinajstić information content (AvgIpc) is 2.83. The van der Waals surface area contributed by atoms with Crippen molar-refractivity contribution in [3.8, 4) is 5.75 Å². The maximum Gasteiger partial charge on any atom is 0.115 e. The fourth-order valence-corrected chi connectivity index (χ4v) is 8.23. The molecule has 1 nitrogen and oxygen atoms in total. The van der Waals surface area contributed by atoms with Crippen LogP contribution >= 0.6 is 7.92 Å². The number of phenolic OH excluding ortho intramolecular Hbond substituents is 1. The van der Waals surface area contributed by atoms with Crippen LogP contribution in [-0.2, 0) is 0 Å². The van der Waals surface area contributed by atoms with Crippen LogP contribution < -0.4 is 39.9 Å². The third-order valence-electron chi connectivity index (χ3n) is 7.05. The van der Waals surface area contributed by atoms with Gasteiger partial charge < -0.3 is 29.1 Å². The molecule has 1 N–H and O–H groups in total. The number of rotatable bonds is 3. The molecular formula is C32H38IOP. The molecule has 0 saturated carbocycles. The largest absolute Gasteiger partial charge is 1.00 e. The minimum Gasteiger partial charge on any atom is -1.00 e. The van der Waals surface area contributed by atoms with Crippen LogP contribution in [0, 0.1) is 55.4 Å². The van der Waals surface area contributed by atoms with Gasteiger partial charge in [0, 0.05) is 0 Å². The Kier molecular flexibility index (Phi) is 10.5. The van der Waals surface area contributed by atoms with E-state index < -0.39 is 7.92 Å². The lowest BCUT2D eigenvalue weighted by Gasteiger charge is -2.22. The van der Waals surface area contributed by atoms with E-state index in [-0.39, 0.29) is 24.0 Å². The number of phenols is 1. The van der Waals surface area contributed by atoms with Crippen molar-refractivity contribution < 1.29 is 29.1 Å². The molecule has 3 heteroatoms. The predicted molar refractivity (Wildman–Crippen MR) is 153 cm³/mol. The van der Waals surface area contributed by atoms with Crippen molar-refractivity contribution in [3.05, 3.63) is 117 Å². The topological polar surface area (TPSA) is 20.2 Å². The zero-order chi connectivity index (χ0) is 25.0. The predicted octanol–water partition coefficient (Wildman–Crippen LogP) is 4.04. The smallest absolute Gasteiger partial charge is 0.115 e. The van der Waals surface area contributed by atoms with E-state index in [1.165, 1.54) is 60.4 Å². The molecule has 0 aliphatic rings. The first-order valence-electron chi connectivity index (χ1n) is 11.9. The van der Waals surface area contributed by atoms with E-state index in [4.69, 9.17) is 0 Å². The molecule has 0 aliphatic carbocycles. The third-order valence-corrected chi connectivity index (χ3v) is 10.5. The monoisotopic (exact) mass is 596 g/mol. The summed E-state index contributed by atoms with van der Waals surface area (Å²) in [5.74, 6) is 0.327. The highest BCUT2D eigenvalue weighted by molar-refractivity contribution is 7.80. The summed E-state index contributed by atoms with van der Waals surface area (Å²) in [6.07, 6.45) is 0. The number of hydrogen-bond donors (Lipinski definition) is 1. The maximum absolute atomic E-state index is 9.89. The molecule has 0 amide bonds. The van der Waals surface area contributed by atoms with Crippen molar-refractivity contribution in [2.45, 2.75) is 55.4 Å². The minimum absolute atomic E-state index is 0. The average molecular weight is 597 g/mol. The number of benzene rings is 4. The van der Waals surface area contributed by atoms with Crippen LogP contribution in [0.3, 0.4) is 0 Å². The minimum atomic E-state index is -1.21. The summed E-state index contributed by atoms with van der Waals surface area (Å²) < 4.78 is 0. The molecule has 4 aromatic rings. The van der Waals surface area contributed by atoms with Crippen molar-refractivity contribution in [2.24, 2.45) is 0 Å². The van der Waals surface area contributed by atoms with Gasteiger partial charge in [0.2, 0.25) is 0 Å². The molecule has 0 unspecified atom stereocenters. The van der Waals surface area contributed by atoms with Gasteiger partial charge in [-0.15, -0.1) is 0 Å². The lowest BCUT2D eigenvalue weighted by Crippen LogP contribution is -3.00. The Labute approximate surface area is 230 Å². The van der Waals surface area contributed by atoms with Crippen molar-refractivity contribution in [3.63, 3.8) is 0 Å². The Morgan fingerprint density at radius 2 is 0.771 bits per heavy atom. The van der Waals surface area contributed by atoms with Crippen LogP contribution in [0.1, 0.15) is 44.5 Å². The zero-order valence-electron chi connectivity index (χ0n) is 22.3. The van der Waals surface area contributed by atoms with Gasteiger partial charge in [-0.1, -0.05) is 48.5 Å².